The highest BCUT2D eigenvalue weighted by molar-refractivity contribution is 14.0. The Hall–Kier alpha value is 2.98. The first-order valence-corrected chi connectivity index (χ1v) is 2.68. The predicted octanol–water partition coefficient (Wildman–Crippen LogP) is -0.137. The summed E-state index contributed by atoms with van der Waals surface area (Å²) in [5, 5.41) is 0. The summed E-state index contributed by atoms with van der Waals surface area (Å²) in [6, 6.07) is 0. The molecular formula is H8I4O4Si. The largest absolute Gasteiger partial charge is 0.668 e. The second-order valence-electron chi connectivity index (χ2n) is 0.600. The molecule has 0 aliphatic carbocycles. The second-order valence-corrected chi connectivity index (χ2v) is 1.80. The van der Waals surface area contributed by atoms with Gasteiger partial charge >= 0.3 is 9.05 Å². The molecule has 4 nitrogen and oxygen atoms in total. The first-order chi connectivity index (χ1) is 2.00. The normalized spacial score (nSPS) is 6.67. The van der Waals surface area contributed by atoms with E-state index in [1.54, 1.807) is 0 Å². The monoisotopic (exact) mass is 608 g/mol. The van der Waals surface area contributed by atoms with Crippen LogP contribution in [0.5, 0.6) is 0 Å². The Morgan fingerprint density at radius 2 is 0.556 bits per heavy atom. The van der Waals surface area contributed by atoms with E-state index >= 15 is 0 Å². The zero-order valence-electron chi connectivity index (χ0n) is 3.92. The summed E-state index contributed by atoms with van der Waals surface area (Å²) in [4.78, 5) is 29.3. The van der Waals surface area contributed by atoms with E-state index in [1.807, 2.05) is 0 Å². The molecule has 0 saturated carbocycles. The van der Waals surface area contributed by atoms with Crippen molar-refractivity contribution in [3.63, 3.8) is 0 Å². The van der Waals surface area contributed by atoms with Gasteiger partial charge in [0.2, 0.25) is 0 Å². The molecule has 0 spiro atoms. The van der Waals surface area contributed by atoms with Gasteiger partial charge in [0.05, 0.1) is 0 Å². The maximum Gasteiger partial charge on any atom is 0.668 e. The van der Waals surface area contributed by atoms with Gasteiger partial charge in [0.15, 0.2) is 0 Å². The van der Waals surface area contributed by atoms with Crippen LogP contribution < -0.4 is 0 Å². The van der Waals surface area contributed by atoms with E-state index < -0.39 is 9.05 Å². The minimum atomic E-state index is -4.61. The summed E-state index contributed by atoms with van der Waals surface area (Å²) in [7, 11) is -4.61. The maximum atomic E-state index is 7.33. The summed E-state index contributed by atoms with van der Waals surface area (Å²) in [6.45, 7) is 0. The van der Waals surface area contributed by atoms with Gasteiger partial charge in [-0.2, -0.15) is 0 Å². The lowest BCUT2D eigenvalue weighted by atomic mass is 15.7. The van der Waals surface area contributed by atoms with Crippen molar-refractivity contribution < 1.29 is 19.2 Å². The Bertz CT molecular complexity index is 28.0. The van der Waals surface area contributed by atoms with Crippen LogP contribution in [0.1, 0.15) is 0 Å². The molecule has 0 amide bonds. The average Bonchev–Trinajstić information content (AvgIpc) is 0.722. The number of hydrogen-bond acceptors (Lipinski definition) is 4. The second kappa shape index (κ2) is 13.6. The van der Waals surface area contributed by atoms with Crippen LogP contribution in [-0.2, 0) is 0 Å². The predicted molar refractivity (Wildman–Crippen MR) is 76.3 cm³/mol. The lowest BCUT2D eigenvalue weighted by Gasteiger charge is -1.91. The van der Waals surface area contributed by atoms with Gasteiger partial charge in [-0.05, 0) is 0 Å². The SMILES string of the molecule is I.I.I.I.O[Si](O)(O)O. The number of hydrogen-bond donors (Lipinski definition) is 4. The van der Waals surface area contributed by atoms with E-state index in [9.17, 15) is 0 Å². The van der Waals surface area contributed by atoms with Crippen LogP contribution in [0.15, 0.2) is 0 Å². The van der Waals surface area contributed by atoms with Gasteiger partial charge in [-0.15, -0.1) is 95.9 Å². The molecular weight excluding hydrogens is 600 g/mol. The van der Waals surface area contributed by atoms with Gasteiger partial charge < -0.3 is 19.2 Å². The Labute approximate surface area is 122 Å². The molecule has 0 aromatic rings. The molecule has 0 radical (unpaired) electrons. The minimum absolute atomic E-state index is 0. The topological polar surface area (TPSA) is 80.9 Å². The van der Waals surface area contributed by atoms with Crippen molar-refractivity contribution in [2.24, 2.45) is 0 Å². The first kappa shape index (κ1) is 29.6. The smallest absolute Gasteiger partial charge is 0.368 e. The highest BCUT2D eigenvalue weighted by Crippen LogP contribution is 1.67. The summed E-state index contributed by atoms with van der Waals surface area (Å²) >= 11 is 0. The fourth-order valence-electron chi connectivity index (χ4n) is 0. The third kappa shape index (κ3) is 99.8. The van der Waals surface area contributed by atoms with Crippen LogP contribution in [0, 0.1) is 0 Å². The van der Waals surface area contributed by atoms with Crippen LogP contribution in [-0.4, -0.2) is 28.2 Å². The molecule has 0 atom stereocenters. The molecule has 0 aromatic carbocycles. The molecule has 0 unspecified atom stereocenters. The van der Waals surface area contributed by atoms with Gasteiger partial charge in [-0.25, -0.2) is 0 Å². The van der Waals surface area contributed by atoms with Crippen LogP contribution in [0.2, 0.25) is 0 Å². The Morgan fingerprint density at radius 1 is 0.556 bits per heavy atom. The van der Waals surface area contributed by atoms with Gasteiger partial charge in [0.1, 0.15) is 0 Å². The maximum absolute atomic E-state index is 7.33. The van der Waals surface area contributed by atoms with Gasteiger partial charge in [0, 0.05) is 0 Å². The van der Waals surface area contributed by atoms with Crippen molar-refractivity contribution in [3.05, 3.63) is 0 Å². The highest BCUT2D eigenvalue weighted by Gasteiger charge is 2.22. The quantitative estimate of drug-likeness (QED) is 0.229. The fraction of sp³-hybridized carbons (Fsp3) is 0. The van der Waals surface area contributed by atoms with Crippen molar-refractivity contribution in [1.82, 2.24) is 0 Å². The molecule has 64 valence electrons. The van der Waals surface area contributed by atoms with Gasteiger partial charge in [-0.3, -0.25) is 0 Å². The van der Waals surface area contributed by atoms with E-state index in [2.05, 4.69) is 0 Å². The zero-order chi connectivity index (χ0) is 4.50. The molecule has 0 aliphatic rings. The van der Waals surface area contributed by atoms with Gasteiger partial charge in [0.25, 0.3) is 0 Å². The van der Waals surface area contributed by atoms with E-state index in [-0.39, 0.29) is 95.9 Å². The van der Waals surface area contributed by atoms with Crippen LogP contribution in [0.3, 0.4) is 0 Å². The Kier molecular flexibility index (Phi) is 44.7. The summed E-state index contributed by atoms with van der Waals surface area (Å²) in [5.41, 5.74) is 0. The molecule has 0 fully saturated rings. The van der Waals surface area contributed by atoms with Crippen LogP contribution in [0.4, 0.5) is 0 Å². The van der Waals surface area contributed by atoms with Crippen molar-refractivity contribution in [1.29, 1.82) is 0 Å². The van der Waals surface area contributed by atoms with Gasteiger partial charge in [-0.1, -0.05) is 0 Å². The molecule has 0 aliphatic heterocycles. The third-order valence-corrected chi connectivity index (χ3v) is 0. The third-order valence-electron chi connectivity index (χ3n) is 0. The van der Waals surface area contributed by atoms with E-state index in [0.29, 0.717) is 0 Å². The Morgan fingerprint density at radius 3 is 0.556 bits per heavy atom. The standard InChI is InChI=1S/4HI.H4O4Si/c;;;;1-5(2,3)4/h4*1H;1-4H. The number of halogens is 4. The average molecular weight is 608 g/mol. The van der Waals surface area contributed by atoms with Crippen molar-refractivity contribution in [2.45, 2.75) is 0 Å². The van der Waals surface area contributed by atoms with E-state index in [0.717, 1.165) is 0 Å². The van der Waals surface area contributed by atoms with E-state index in [4.69, 9.17) is 19.2 Å². The molecule has 0 bridgehead atoms. The summed E-state index contributed by atoms with van der Waals surface area (Å²) in [5.74, 6) is 0. The molecule has 9 heavy (non-hydrogen) atoms. The molecule has 0 heterocycles. The highest BCUT2D eigenvalue weighted by atomic mass is 127. The van der Waals surface area contributed by atoms with Crippen molar-refractivity contribution >= 4 is 105 Å². The molecule has 4 N–H and O–H groups in total. The fourth-order valence-corrected chi connectivity index (χ4v) is 0. The molecule has 9 heteroatoms. The van der Waals surface area contributed by atoms with E-state index in [1.165, 1.54) is 0 Å². The first-order valence-electron chi connectivity index (χ1n) is 0.894. The molecule has 0 aromatic heterocycles. The Balaban J connectivity index is -0.0000000133. The summed E-state index contributed by atoms with van der Waals surface area (Å²) < 4.78 is 0. The van der Waals surface area contributed by atoms with Crippen molar-refractivity contribution in [2.75, 3.05) is 0 Å². The van der Waals surface area contributed by atoms with Crippen LogP contribution >= 0.6 is 95.9 Å². The summed E-state index contributed by atoms with van der Waals surface area (Å²) in [6.07, 6.45) is 0. The molecule has 0 saturated heterocycles. The zero-order valence-corrected chi connectivity index (χ0v) is 14.2. The lowest BCUT2D eigenvalue weighted by Crippen LogP contribution is -2.33. The number of rotatable bonds is 0. The molecule has 0 rings (SSSR count). The van der Waals surface area contributed by atoms with Crippen LogP contribution in [0.25, 0.3) is 0 Å². The van der Waals surface area contributed by atoms with Crippen molar-refractivity contribution in [3.8, 4) is 0 Å². The minimum Gasteiger partial charge on any atom is -0.368 e. The lowest BCUT2D eigenvalue weighted by molar-refractivity contribution is 0.117.